The number of esters is 1. The number of ketones is 2. The molecular weight excluding hydrogens is 787 g/mol. The van der Waals surface area contributed by atoms with Crippen LogP contribution >= 0.6 is 0 Å². The van der Waals surface area contributed by atoms with E-state index in [1.165, 1.54) is 11.0 Å². The third-order valence-corrected chi connectivity index (χ3v) is 13.0. The zero-order chi connectivity index (χ0) is 43.6. The summed E-state index contributed by atoms with van der Waals surface area (Å²) in [5.74, 6) is -3.01. The molecule has 3 aromatic rings. The van der Waals surface area contributed by atoms with E-state index in [1.54, 1.807) is 59.9 Å². The summed E-state index contributed by atoms with van der Waals surface area (Å²) in [4.78, 5) is 75.6. The summed E-state index contributed by atoms with van der Waals surface area (Å²) >= 11 is 0. The summed E-state index contributed by atoms with van der Waals surface area (Å²) in [6, 6.07) is 15.7. The molecule has 3 fully saturated rings. The molecule has 2 amide bonds. The van der Waals surface area contributed by atoms with E-state index in [0.29, 0.717) is 40.9 Å². The Hall–Kier alpha value is -5.37. The standard InChI is InChI=1S/C46H55N3O10S/c1-8-31-25-46(31,44(54)48-60(55,56)35-17-18-35)26-40(51)39-23-34(27-49(39)43(53)30(14-15-32(50)20-28(2)3)21-42(52)59-45(4,5)6)58-41-24-37(29-12-10-9-11-13-29)47-38-22-33(57-7)16-19-36(38)41/h8-13,16,19-20,22,24,30-31,34-35,39H,1,14-15,17-18,21,23,25-27H2,2-7H3,(H,48,54)/t30-,31-,34-,39+,46-/m1/s1. The number of hydrogen-bond donors (Lipinski definition) is 1. The molecule has 2 heterocycles. The molecule has 0 radical (unpaired) electrons. The van der Waals surface area contributed by atoms with Gasteiger partial charge in [-0.3, -0.25) is 28.7 Å². The molecule has 1 aliphatic heterocycles. The first kappa shape index (κ1) is 44.2. The van der Waals surface area contributed by atoms with Gasteiger partial charge in [0.1, 0.15) is 23.2 Å². The lowest BCUT2D eigenvalue weighted by Gasteiger charge is -2.29. The van der Waals surface area contributed by atoms with Crippen LogP contribution in [0.5, 0.6) is 11.5 Å². The fraction of sp³-hybridized carbons (Fsp3) is 0.478. The van der Waals surface area contributed by atoms with Gasteiger partial charge in [0, 0.05) is 48.3 Å². The number of hydrogen-bond acceptors (Lipinski definition) is 11. The maximum Gasteiger partial charge on any atom is 0.307 e. The van der Waals surface area contributed by atoms with Crippen LogP contribution in [-0.4, -0.2) is 84.3 Å². The van der Waals surface area contributed by atoms with Crippen LogP contribution < -0.4 is 14.2 Å². The van der Waals surface area contributed by atoms with Crippen molar-refractivity contribution in [1.82, 2.24) is 14.6 Å². The van der Waals surface area contributed by atoms with Crippen molar-refractivity contribution in [3.63, 3.8) is 0 Å². The number of fused-ring (bicyclic) bond motifs is 1. The largest absolute Gasteiger partial charge is 0.497 e. The number of nitrogens with zero attached hydrogens (tertiary/aromatic N) is 2. The molecule has 14 heteroatoms. The highest BCUT2D eigenvalue weighted by Gasteiger charge is 2.61. The maximum atomic E-state index is 14.8. The number of sulfonamides is 1. The van der Waals surface area contributed by atoms with E-state index in [9.17, 15) is 32.4 Å². The molecule has 0 spiro atoms. The van der Waals surface area contributed by atoms with Crippen LogP contribution in [0.3, 0.4) is 0 Å². The summed E-state index contributed by atoms with van der Waals surface area (Å²) in [5.41, 5.74) is 0.662. The Labute approximate surface area is 352 Å². The van der Waals surface area contributed by atoms with Gasteiger partial charge in [-0.25, -0.2) is 13.4 Å². The average molecular weight is 842 g/mol. The Bertz CT molecular complexity index is 2310. The first-order valence-electron chi connectivity index (χ1n) is 20.4. The number of carbonyl (C=O) groups excluding carboxylic acids is 5. The minimum atomic E-state index is -3.90. The van der Waals surface area contributed by atoms with Crippen LogP contribution in [0.4, 0.5) is 0 Å². The highest BCUT2D eigenvalue weighted by molar-refractivity contribution is 7.90. The number of amides is 2. The van der Waals surface area contributed by atoms with Gasteiger partial charge in [0.05, 0.1) is 48.0 Å². The van der Waals surface area contributed by atoms with Crippen molar-refractivity contribution in [2.45, 2.75) is 109 Å². The molecule has 5 atom stereocenters. The van der Waals surface area contributed by atoms with Crippen molar-refractivity contribution in [2.24, 2.45) is 17.3 Å². The summed E-state index contributed by atoms with van der Waals surface area (Å²) < 4.78 is 45.7. The van der Waals surface area contributed by atoms with Gasteiger partial charge in [-0.05, 0) is 84.4 Å². The fourth-order valence-corrected chi connectivity index (χ4v) is 9.30. The lowest BCUT2D eigenvalue weighted by atomic mass is 9.90. The van der Waals surface area contributed by atoms with E-state index >= 15 is 0 Å². The van der Waals surface area contributed by atoms with Crippen molar-refractivity contribution in [2.75, 3.05) is 13.7 Å². The van der Waals surface area contributed by atoms with Gasteiger partial charge in [-0.2, -0.15) is 0 Å². The zero-order valence-electron chi connectivity index (χ0n) is 35.2. The highest BCUT2D eigenvalue weighted by Crippen LogP contribution is 2.57. The van der Waals surface area contributed by atoms with Crippen molar-refractivity contribution in [1.29, 1.82) is 0 Å². The summed E-state index contributed by atoms with van der Waals surface area (Å²) in [5, 5.41) is 0.0253. The van der Waals surface area contributed by atoms with Gasteiger partial charge in [-0.1, -0.05) is 42.0 Å². The number of Topliss-reactive ketones (excluding diaryl/α,β-unsaturated/α-hetero) is 1. The second-order valence-corrected chi connectivity index (χ2v) is 19.4. The molecule has 1 aromatic heterocycles. The van der Waals surface area contributed by atoms with Crippen LogP contribution in [0.1, 0.15) is 86.0 Å². The second kappa shape index (κ2) is 17.7. The molecule has 6 rings (SSSR count). The quantitative estimate of drug-likeness (QED) is 0.0822. The molecule has 1 saturated heterocycles. The van der Waals surface area contributed by atoms with E-state index in [-0.39, 0.29) is 50.9 Å². The normalized spacial score (nSPS) is 21.7. The van der Waals surface area contributed by atoms with Gasteiger partial charge < -0.3 is 19.1 Å². The third-order valence-electron chi connectivity index (χ3n) is 11.2. The first-order chi connectivity index (χ1) is 28.3. The predicted molar refractivity (Wildman–Crippen MR) is 226 cm³/mol. The average Bonchev–Trinajstić information content (AvgIpc) is 4.12. The summed E-state index contributed by atoms with van der Waals surface area (Å²) in [6.07, 6.45) is 2.79. The number of aromatic nitrogens is 1. The van der Waals surface area contributed by atoms with Crippen LogP contribution in [0.25, 0.3) is 22.2 Å². The topological polar surface area (TPSA) is 175 Å². The van der Waals surface area contributed by atoms with Crippen LogP contribution in [-0.2, 0) is 38.7 Å². The third kappa shape index (κ3) is 10.5. The van der Waals surface area contributed by atoms with E-state index in [0.717, 1.165) is 11.1 Å². The van der Waals surface area contributed by atoms with Gasteiger partial charge in [-0.15, -0.1) is 6.58 Å². The van der Waals surface area contributed by atoms with Gasteiger partial charge in [0.25, 0.3) is 0 Å². The van der Waals surface area contributed by atoms with E-state index in [2.05, 4.69) is 11.3 Å². The number of nitrogens with one attached hydrogen (secondary N) is 1. The molecule has 1 N–H and O–H groups in total. The number of benzene rings is 2. The molecule has 2 aliphatic carbocycles. The maximum absolute atomic E-state index is 14.8. The molecule has 0 unspecified atom stereocenters. The number of pyridine rings is 1. The zero-order valence-corrected chi connectivity index (χ0v) is 36.0. The number of allylic oxidation sites excluding steroid dienone is 3. The van der Waals surface area contributed by atoms with Gasteiger partial charge in [0.2, 0.25) is 21.8 Å². The van der Waals surface area contributed by atoms with Crippen LogP contribution in [0.15, 0.2) is 78.9 Å². The number of carbonyl (C=O) groups is 5. The van der Waals surface area contributed by atoms with Crippen molar-refractivity contribution < 1.29 is 46.6 Å². The molecule has 13 nitrogen and oxygen atoms in total. The minimum absolute atomic E-state index is 0.0186. The molecule has 60 heavy (non-hydrogen) atoms. The predicted octanol–water partition coefficient (Wildman–Crippen LogP) is 6.68. The van der Waals surface area contributed by atoms with E-state index in [1.807, 2.05) is 42.5 Å². The first-order valence-corrected chi connectivity index (χ1v) is 22.0. The number of rotatable bonds is 18. The summed E-state index contributed by atoms with van der Waals surface area (Å²) in [6.45, 7) is 12.5. The Balaban J connectivity index is 1.35. The second-order valence-electron chi connectivity index (χ2n) is 17.5. The fourth-order valence-electron chi connectivity index (χ4n) is 7.92. The van der Waals surface area contributed by atoms with Gasteiger partial charge >= 0.3 is 5.97 Å². The highest BCUT2D eigenvalue weighted by atomic mass is 32.2. The lowest BCUT2D eigenvalue weighted by Crippen LogP contribution is -2.46. The molecule has 0 bridgehead atoms. The Morgan fingerprint density at radius 3 is 2.38 bits per heavy atom. The van der Waals surface area contributed by atoms with Crippen LogP contribution in [0, 0.1) is 17.3 Å². The number of likely N-dealkylation sites (tertiary alicyclic amines) is 1. The Kier molecular flexibility index (Phi) is 13.0. The van der Waals surface area contributed by atoms with Crippen molar-refractivity contribution in [3.05, 3.63) is 78.9 Å². The SMILES string of the molecule is C=C[C@@H]1C[C@]1(CC(=O)[C@@H]1C[C@@H](Oc2cc(-c3ccccc3)nc3cc(OC)ccc23)CN1C(=O)[C@H](CCC(=O)C=C(C)C)CC(=O)OC(C)(C)C)C(=O)NS(=O)(=O)C1CC1. The van der Waals surface area contributed by atoms with Crippen molar-refractivity contribution >= 4 is 50.3 Å². The number of methoxy groups -OCH3 is 1. The molecule has 3 aliphatic rings. The summed E-state index contributed by atoms with van der Waals surface area (Å²) in [7, 11) is -2.34. The molecular formula is C46H55N3O10S. The molecule has 2 aromatic carbocycles. The Morgan fingerprint density at radius 2 is 1.77 bits per heavy atom. The van der Waals surface area contributed by atoms with Crippen molar-refractivity contribution in [3.8, 4) is 22.8 Å². The Morgan fingerprint density at radius 1 is 1.05 bits per heavy atom. The monoisotopic (exact) mass is 841 g/mol. The smallest absolute Gasteiger partial charge is 0.307 e. The number of ether oxygens (including phenoxy) is 3. The lowest BCUT2D eigenvalue weighted by molar-refractivity contribution is -0.159. The van der Waals surface area contributed by atoms with E-state index < -0.39 is 73.8 Å². The van der Waals surface area contributed by atoms with Gasteiger partial charge in [0.15, 0.2) is 11.6 Å². The van der Waals surface area contributed by atoms with E-state index in [4.69, 9.17) is 19.2 Å². The van der Waals surface area contributed by atoms with Crippen LogP contribution in [0.2, 0.25) is 0 Å². The molecule has 320 valence electrons. The molecule has 2 saturated carbocycles. The minimum Gasteiger partial charge on any atom is -0.497 e.